The first-order valence-electron chi connectivity index (χ1n) is 3.90. The Morgan fingerprint density at radius 3 is 2.22 bits per heavy atom. The average Bonchev–Trinajstić information content (AvgIpc) is 2.52. The number of nitrogens with one attached hydrogen (secondary N) is 1. The van der Waals surface area contributed by atoms with Crippen LogP contribution in [0.2, 0.25) is 0 Å². The SMILES string of the molecule is CCC(NC)C1(C)CC1. The first-order chi connectivity index (χ1) is 4.23. The lowest BCUT2D eigenvalue weighted by Gasteiger charge is -2.20. The van der Waals surface area contributed by atoms with E-state index in [2.05, 4.69) is 26.2 Å². The van der Waals surface area contributed by atoms with Gasteiger partial charge in [0.15, 0.2) is 0 Å². The summed E-state index contributed by atoms with van der Waals surface area (Å²) in [6, 6.07) is 0.762. The summed E-state index contributed by atoms with van der Waals surface area (Å²) in [4.78, 5) is 0. The van der Waals surface area contributed by atoms with Gasteiger partial charge >= 0.3 is 0 Å². The van der Waals surface area contributed by atoms with Crippen LogP contribution in [0.15, 0.2) is 0 Å². The van der Waals surface area contributed by atoms with Gasteiger partial charge in [-0.2, -0.15) is 0 Å². The van der Waals surface area contributed by atoms with Crippen molar-refractivity contribution >= 4 is 0 Å². The van der Waals surface area contributed by atoms with Crippen LogP contribution in [-0.4, -0.2) is 13.1 Å². The molecule has 1 nitrogen and oxygen atoms in total. The molecule has 1 atom stereocenters. The third-order valence-electron chi connectivity index (χ3n) is 2.64. The fourth-order valence-electron chi connectivity index (χ4n) is 1.59. The lowest BCUT2D eigenvalue weighted by Crippen LogP contribution is -2.32. The summed E-state index contributed by atoms with van der Waals surface area (Å²) in [6.07, 6.45) is 4.12. The van der Waals surface area contributed by atoms with Gasteiger partial charge in [0.05, 0.1) is 0 Å². The molecule has 0 bridgehead atoms. The molecule has 1 unspecified atom stereocenters. The Balaban J connectivity index is 2.37. The summed E-state index contributed by atoms with van der Waals surface area (Å²) < 4.78 is 0. The Labute approximate surface area is 57.8 Å². The van der Waals surface area contributed by atoms with Crippen LogP contribution in [0, 0.1) is 5.41 Å². The molecule has 1 rings (SSSR count). The van der Waals surface area contributed by atoms with Crippen LogP contribution in [0.5, 0.6) is 0 Å². The van der Waals surface area contributed by atoms with E-state index in [-0.39, 0.29) is 0 Å². The highest BCUT2D eigenvalue weighted by Crippen LogP contribution is 2.48. The fourth-order valence-corrected chi connectivity index (χ4v) is 1.59. The van der Waals surface area contributed by atoms with Gasteiger partial charge in [-0.1, -0.05) is 13.8 Å². The Bertz CT molecular complexity index is 90.7. The highest BCUT2D eigenvalue weighted by molar-refractivity contribution is 4.97. The Kier molecular flexibility index (Phi) is 1.80. The summed E-state index contributed by atoms with van der Waals surface area (Å²) >= 11 is 0. The van der Waals surface area contributed by atoms with E-state index in [0.717, 1.165) is 6.04 Å². The van der Waals surface area contributed by atoms with E-state index < -0.39 is 0 Å². The smallest absolute Gasteiger partial charge is 0.0115 e. The van der Waals surface area contributed by atoms with Crippen molar-refractivity contribution < 1.29 is 0 Å². The van der Waals surface area contributed by atoms with Gasteiger partial charge in [0.1, 0.15) is 0 Å². The summed E-state index contributed by atoms with van der Waals surface area (Å²) in [7, 11) is 2.07. The Morgan fingerprint density at radius 1 is 1.56 bits per heavy atom. The monoisotopic (exact) mass is 127 g/mol. The van der Waals surface area contributed by atoms with Crippen LogP contribution in [0.4, 0.5) is 0 Å². The van der Waals surface area contributed by atoms with E-state index in [1.807, 2.05) is 0 Å². The number of rotatable bonds is 3. The molecule has 1 aliphatic carbocycles. The van der Waals surface area contributed by atoms with Crippen molar-refractivity contribution in [3.63, 3.8) is 0 Å². The molecule has 0 amide bonds. The molecule has 0 radical (unpaired) electrons. The zero-order valence-electron chi connectivity index (χ0n) is 6.70. The number of hydrogen-bond donors (Lipinski definition) is 1. The quantitative estimate of drug-likeness (QED) is 0.609. The van der Waals surface area contributed by atoms with Gasteiger partial charge in [-0.15, -0.1) is 0 Å². The van der Waals surface area contributed by atoms with Crippen LogP contribution in [0.25, 0.3) is 0 Å². The van der Waals surface area contributed by atoms with E-state index in [9.17, 15) is 0 Å². The van der Waals surface area contributed by atoms with Crippen LogP contribution in [0.3, 0.4) is 0 Å². The molecule has 0 saturated heterocycles. The highest BCUT2D eigenvalue weighted by atomic mass is 14.9. The zero-order chi connectivity index (χ0) is 6.91. The number of hydrogen-bond acceptors (Lipinski definition) is 1. The minimum absolute atomic E-state index is 0.656. The molecule has 1 aliphatic rings. The highest BCUT2D eigenvalue weighted by Gasteiger charge is 2.42. The van der Waals surface area contributed by atoms with Crippen molar-refractivity contribution in [1.82, 2.24) is 5.32 Å². The molecule has 1 heteroatoms. The lowest BCUT2D eigenvalue weighted by atomic mass is 9.97. The second-order valence-electron chi connectivity index (χ2n) is 3.40. The second kappa shape index (κ2) is 2.30. The van der Waals surface area contributed by atoms with E-state index in [1.165, 1.54) is 19.3 Å². The summed E-state index contributed by atoms with van der Waals surface area (Å²) in [5.74, 6) is 0. The molecule has 0 spiro atoms. The zero-order valence-corrected chi connectivity index (χ0v) is 6.70. The molecule has 54 valence electrons. The minimum Gasteiger partial charge on any atom is -0.316 e. The average molecular weight is 127 g/mol. The molecule has 1 fully saturated rings. The summed E-state index contributed by atoms with van der Waals surface area (Å²) in [5, 5.41) is 3.35. The van der Waals surface area contributed by atoms with Crippen LogP contribution < -0.4 is 5.32 Å². The first-order valence-corrected chi connectivity index (χ1v) is 3.90. The van der Waals surface area contributed by atoms with Gasteiger partial charge in [0, 0.05) is 6.04 Å². The maximum absolute atomic E-state index is 3.35. The second-order valence-corrected chi connectivity index (χ2v) is 3.40. The van der Waals surface area contributed by atoms with Gasteiger partial charge in [0.25, 0.3) is 0 Å². The molecule has 1 N–H and O–H groups in total. The standard InChI is InChI=1S/C8H17N/c1-4-7(9-3)8(2)5-6-8/h7,9H,4-6H2,1-3H3. The largest absolute Gasteiger partial charge is 0.316 e. The fraction of sp³-hybridized carbons (Fsp3) is 1.00. The van der Waals surface area contributed by atoms with Crippen molar-refractivity contribution in [2.75, 3.05) is 7.05 Å². The van der Waals surface area contributed by atoms with Crippen molar-refractivity contribution in [3.8, 4) is 0 Å². The maximum atomic E-state index is 3.35. The summed E-state index contributed by atoms with van der Waals surface area (Å²) in [5.41, 5.74) is 0.656. The predicted octanol–water partition coefficient (Wildman–Crippen LogP) is 1.78. The molecule has 0 aromatic rings. The Hall–Kier alpha value is -0.0400. The topological polar surface area (TPSA) is 12.0 Å². The molecular formula is C8H17N. The van der Waals surface area contributed by atoms with Crippen LogP contribution in [0.1, 0.15) is 33.1 Å². The molecule has 0 aromatic heterocycles. The molecule has 9 heavy (non-hydrogen) atoms. The summed E-state index contributed by atoms with van der Waals surface area (Å²) in [6.45, 7) is 4.63. The van der Waals surface area contributed by atoms with Gasteiger partial charge in [0.2, 0.25) is 0 Å². The molecule has 0 aliphatic heterocycles. The van der Waals surface area contributed by atoms with Gasteiger partial charge in [-0.05, 0) is 31.7 Å². The van der Waals surface area contributed by atoms with Crippen molar-refractivity contribution in [1.29, 1.82) is 0 Å². The first kappa shape index (κ1) is 7.07. The minimum atomic E-state index is 0.656. The van der Waals surface area contributed by atoms with E-state index in [4.69, 9.17) is 0 Å². The van der Waals surface area contributed by atoms with Crippen molar-refractivity contribution in [2.24, 2.45) is 5.41 Å². The molecule has 0 aromatic carbocycles. The van der Waals surface area contributed by atoms with Gasteiger partial charge in [-0.25, -0.2) is 0 Å². The molecule has 0 heterocycles. The predicted molar refractivity (Wildman–Crippen MR) is 40.5 cm³/mol. The van der Waals surface area contributed by atoms with Gasteiger partial charge in [-0.3, -0.25) is 0 Å². The third kappa shape index (κ3) is 1.26. The van der Waals surface area contributed by atoms with E-state index in [1.54, 1.807) is 0 Å². The van der Waals surface area contributed by atoms with Crippen molar-refractivity contribution in [3.05, 3.63) is 0 Å². The molecule has 1 saturated carbocycles. The van der Waals surface area contributed by atoms with Crippen LogP contribution >= 0.6 is 0 Å². The van der Waals surface area contributed by atoms with Crippen LogP contribution in [-0.2, 0) is 0 Å². The Morgan fingerprint density at radius 2 is 2.11 bits per heavy atom. The third-order valence-corrected chi connectivity index (χ3v) is 2.64. The molecular weight excluding hydrogens is 110 g/mol. The van der Waals surface area contributed by atoms with E-state index >= 15 is 0 Å². The lowest BCUT2D eigenvalue weighted by molar-refractivity contribution is 0.369. The van der Waals surface area contributed by atoms with E-state index in [0.29, 0.717) is 5.41 Å². The normalized spacial score (nSPS) is 25.7. The maximum Gasteiger partial charge on any atom is 0.0115 e. The van der Waals surface area contributed by atoms with Crippen molar-refractivity contribution in [2.45, 2.75) is 39.2 Å². The van der Waals surface area contributed by atoms with Gasteiger partial charge < -0.3 is 5.32 Å².